The molecule has 0 saturated heterocycles. The number of hydrogen-bond donors (Lipinski definition) is 0. The summed E-state index contributed by atoms with van der Waals surface area (Å²) in [7, 11) is 3.64. The first-order valence-corrected chi connectivity index (χ1v) is 6.21. The number of carbonyl (C=O) groups is 1. The Balaban J connectivity index is 2.90. The van der Waals surface area contributed by atoms with Gasteiger partial charge in [0.2, 0.25) is 0 Å². The highest BCUT2D eigenvalue weighted by Gasteiger charge is 2.23. The average Bonchev–Trinajstić information content (AvgIpc) is 2.35. The molecule has 0 radical (unpaired) electrons. The van der Waals surface area contributed by atoms with E-state index in [-0.39, 0.29) is 17.3 Å². The second-order valence-corrected chi connectivity index (χ2v) is 5.02. The number of hydrogen-bond acceptors (Lipinski definition) is 4. The summed E-state index contributed by atoms with van der Waals surface area (Å²) in [5, 5.41) is 0.774. The van der Waals surface area contributed by atoms with Gasteiger partial charge in [-0.05, 0) is 12.1 Å². The van der Waals surface area contributed by atoms with Crippen molar-refractivity contribution in [1.29, 1.82) is 0 Å². The minimum absolute atomic E-state index is 0.138. The van der Waals surface area contributed by atoms with Crippen molar-refractivity contribution in [3.63, 3.8) is 0 Å². The highest BCUT2D eigenvalue weighted by atomic mass is 16.4. The van der Waals surface area contributed by atoms with Gasteiger partial charge in [-0.1, -0.05) is 26.0 Å². The van der Waals surface area contributed by atoms with Gasteiger partial charge in [-0.25, -0.2) is 4.79 Å². The fraction of sp³-hybridized carbons (Fsp3) is 0.333. The lowest BCUT2D eigenvalue weighted by molar-refractivity contribution is 0.0936. The highest BCUT2D eigenvalue weighted by molar-refractivity contribution is 6.08. The summed E-state index contributed by atoms with van der Waals surface area (Å²) in [5.41, 5.74) is 0.696. The number of fused-ring (bicyclic) bond motifs is 1. The molecule has 1 aromatic heterocycles. The van der Waals surface area contributed by atoms with Gasteiger partial charge in [-0.3, -0.25) is 4.79 Å². The molecule has 0 N–H and O–H groups in total. The maximum absolute atomic E-state index is 12.2. The van der Waals surface area contributed by atoms with Crippen molar-refractivity contribution in [2.45, 2.75) is 13.8 Å². The third-order valence-corrected chi connectivity index (χ3v) is 3.00. The Morgan fingerprint density at radius 1 is 1.21 bits per heavy atom. The number of nitrogens with zero attached hydrogens (tertiary/aromatic N) is 1. The molecule has 0 spiro atoms. The molecule has 19 heavy (non-hydrogen) atoms. The van der Waals surface area contributed by atoms with Gasteiger partial charge >= 0.3 is 5.63 Å². The SMILES string of the molecule is CC(C)C(=O)c1c(N(C)C)c2ccccc2oc1=O. The van der Waals surface area contributed by atoms with E-state index in [2.05, 4.69) is 0 Å². The smallest absolute Gasteiger partial charge is 0.349 e. The molecular weight excluding hydrogens is 242 g/mol. The zero-order valence-electron chi connectivity index (χ0n) is 11.6. The van der Waals surface area contributed by atoms with Gasteiger partial charge in [-0.15, -0.1) is 0 Å². The van der Waals surface area contributed by atoms with E-state index in [4.69, 9.17) is 4.42 Å². The Labute approximate surface area is 111 Å². The van der Waals surface area contributed by atoms with Crippen LogP contribution in [0.25, 0.3) is 11.0 Å². The first-order valence-electron chi connectivity index (χ1n) is 6.21. The van der Waals surface area contributed by atoms with Crippen LogP contribution in [0.4, 0.5) is 5.69 Å². The van der Waals surface area contributed by atoms with Crippen LogP contribution in [0, 0.1) is 5.92 Å². The molecule has 0 aliphatic carbocycles. The molecule has 2 aromatic rings. The van der Waals surface area contributed by atoms with Crippen LogP contribution in [0.1, 0.15) is 24.2 Å². The van der Waals surface area contributed by atoms with Crippen LogP contribution in [0.5, 0.6) is 0 Å². The summed E-state index contributed by atoms with van der Waals surface area (Å²) in [5.74, 6) is -0.439. The summed E-state index contributed by atoms with van der Waals surface area (Å²) in [4.78, 5) is 26.1. The third-order valence-electron chi connectivity index (χ3n) is 3.00. The van der Waals surface area contributed by atoms with Crippen molar-refractivity contribution in [2.24, 2.45) is 5.92 Å². The number of ketones is 1. The van der Waals surface area contributed by atoms with Crippen LogP contribution in [-0.2, 0) is 0 Å². The molecule has 1 aromatic carbocycles. The van der Waals surface area contributed by atoms with Crippen molar-refractivity contribution in [1.82, 2.24) is 0 Å². The van der Waals surface area contributed by atoms with Gasteiger partial charge in [0.05, 0.1) is 5.69 Å². The largest absolute Gasteiger partial charge is 0.422 e. The van der Waals surface area contributed by atoms with Gasteiger partial charge < -0.3 is 9.32 Å². The molecular formula is C15H17NO3. The monoisotopic (exact) mass is 259 g/mol. The number of carbonyl (C=O) groups excluding carboxylic acids is 1. The highest BCUT2D eigenvalue weighted by Crippen LogP contribution is 2.28. The number of anilines is 1. The molecule has 0 saturated carbocycles. The van der Waals surface area contributed by atoms with E-state index in [1.807, 2.05) is 26.2 Å². The van der Waals surface area contributed by atoms with Crippen molar-refractivity contribution in [3.05, 3.63) is 40.2 Å². The van der Waals surface area contributed by atoms with Crippen LogP contribution in [0.2, 0.25) is 0 Å². The molecule has 1 heterocycles. The van der Waals surface area contributed by atoms with Gasteiger partial charge in [0.25, 0.3) is 0 Å². The predicted molar refractivity (Wildman–Crippen MR) is 76.0 cm³/mol. The Morgan fingerprint density at radius 2 is 1.84 bits per heavy atom. The standard InChI is InChI=1S/C15H17NO3/c1-9(2)14(17)12-13(16(3)4)10-7-5-6-8-11(10)19-15(12)18/h5-9H,1-4H3. The molecule has 0 unspecified atom stereocenters. The van der Waals surface area contributed by atoms with Crippen molar-refractivity contribution < 1.29 is 9.21 Å². The summed E-state index contributed by atoms with van der Waals surface area (Å²) in [6.07, 6.45) is 0. The van der Waals surface area contributed by atoms with E-state index >= 15 is 0 Å². The van der Waals surface area contributed by atoms with Gasteiger partial charge in [-0.2, -0.15) is 0 Å². The van der Waals surface area contributed by atoms with Crippen molar-refractivity contribution >= 4 is 22.4 Å². The Bertz CT molecular complexity index is 683. The lowest BCUT2D eigenvalue weighted by Gasteiger charge is -2.18. The fourth-order valence-corrected chi connectivity index (χ4v) is 2.10. The maximum Gasteiger partial charge on any atom is 0.349 e. The van der Waals surface area contributed by atoms with E-state index in [1.54, 1.807) is 30.9 Å². The summed E-state index contributed by atoms with van der Waals surface area (Å²) < 4.78 is 5.25. The van der Waals surface area contributed by atoms with E-state index in [0.29, 0.717) is 11.3 Å². The van der Waals surface area contributed by atoms with Crippen molar-refractivity contribution in [3.8, 4) is 0 Å². The molecule has 4 nitrogen and oxygen atoms in total. The molecule has 2 rings (SSSR count). The summed E-state index contributed by atoms with van der Waals surface area (Å²) in [6, 6.07) is 7.24. The van der Waals surface area contributed by atoms with Crippen molar-refractivity contribution in [2.75, 3.05) is 19.0 Å². The maximum atomic E-state index is 12.2. The summed E-state index contributed by atoms with van der Waals surface area (Å²) >= 11 is 0. The van der Waals surface area contributed by atoms with Gasteiger partial charge in [0, 0.05) is 25.4 Å². The molecule has 0 fully saturated rings. The zero-order chi connectivity index (χ0) is 14.2. The number of benzene rings is 1. The van der Waals surface area contributed by atoms with Crippen LogP contribution < -0.4 is 10.5 Å². The molecule has 100 valence electrons. The zero-order valence-corrected chi connectivity index (χ0v) is 11.6. The molecule has 0 aliphatic rings. The quantitative estimate of drug-likeness (QED) is 0.628. The third kappa shape index (κ3) is 2.26. The number of rotatable bonds is 3. The second-order valence-electron chi connectivity index (χ2n) is 5.02. The van der Waals surface area contributed by atoms with Gasteiger partial charge in [0.15, 0.2) is 5.78 Å². The fourth-order valence-electron chi connectivity index (χ4n) is 2.10. The van der Waals surface area contributed by atoms with Crippen LogP contribution in [0.15, 0.2) is 33.5 Å². The molecule has 0 aliphatic heterocycles. The molecule has 0 bridgehead atoms. The van der Waals surface area contributed by atoms with E-state index in [9.17, 15) is 9.59 Å². The van der Waals surface area contributed by atoms with E-state index < -0.39 is 5.63 Å². The first kappa shape index (κ1) is 13.3. The Hall–Kier alpha value is -2.10. The Kier molecular flexibility index (Phi) is 3.42. The van der Waals surface area contributed by atoms with Crippen LogP contribution in [-0.4, -0.2) is 19.9 Å². The Morgan fingerprint density at radius 3 is 2.42 bits per heavy atom. The van der Waals surface area contributed by atoms with Crippen LogP contribution in [0.3, 0.4) is 0 Å². The molecule has 0 atom stereocenters. The minimum Gasteiger partial charge on any atom is -0.422 e. The first-order chi connectivity index (χ1) is 8.93. The lowest BCUT2D eigenvalue weighted by atomic mass is 9.99. The number of para-hydroxylation sites is 1. The number of Topliss-reactive ketones (excluding diaryl/α,β-unsaturated/α-hetero) is 1. The van der Waals surface area contributed by atoms with E-state index in [0.717, 1.165) is 5.39 Å². The molecule has 4 heteroatoms. The van der Waals surface area contributed by atoms with E-state index in [1.165, 1.54) is 0 Å². The minimum atomic E-state index is -0.568. The normalized spacial score (nSPS) is 11.0. The molecule has 0 amide bonds. The summed E-state index contributed by atoms with van der Waals surface area (Å²) in [6.45, 7) is 3.55. The van der Waals surface area contributed by atoms with Gasteiger partial charge in [0.1, 0.15) is 11.1 Å². The van der Waals surface area contributed by atoms with Crippen LogP contribution >= 0.6 is 0 Å². The lowest BCUT2D eigenvalue weighted by Crippen LogP contribution is -2.24. The second kappa shape index (κ2) is 4.88. The topological polar surface area (TPSA) is 50.5 Å². The predicted octanol–water partition coefficient (Wildman–Crippen LogP) is 2.70. The average molecular weight is 259 g/mol.